The summed E-state index contributed by atoms with van der Waals surface area (Å²) in [4.78, 5) is 2.40. The van der Waals surface area contributed by atoms with Gasteiger partial charge in [-0.25, -0.2) is 0 Å². The molecule has 3 atom stereocenters. The van der Waals surface area contributed by atoms with Gasteiger partial charge < -0.3 is 0 Å². The highest BCUT2D eigenvalue weighted by molar-refractivity contribution is 7.86. The van der Waals surface area contributed by atoms with Gasteiger partial charge >= 0.3 is 0 Å². The summed E-state index contributed by atoms with van der Waals surface area (Å²) in [7, 11) is -1.13. The molecular weight excluding hydrogens is 370 g/mol. The second-order valence-electron chi connectivity index (χ2n) is 7.86. The number of hydrogen-bond donors (Lipinski definition) is 0. The van der Waals surface area contributed by atoms with E-state index in [1.54, 1.807) is 8.61 Å². The van der Waals surface area contributed by atoms with Crippen molar-refractivity contribution in [3.05, 3.63) is 35.9 Å². The highest BCUT2D eigenvalue weighted by Crippen LogP contribution is 2.44. The number of rotatable bonds is 3. The van der Waals surface area contributed by atoms with Crippen molar-refractivity contribution in [1.29, 1.82) is 0 Å². The second-order valence-corrected chi connectivity index (χ2v) is 9.79. The van der Waals surface area contributed by atoms with Crippen LogP contribution in [0.3, 0.4) is 0 Å². The van der Waals surface area contributed by atoms with Gasteiger partial charge in [-0.2, -0.15) is 17.0 Å². The first-order valence-corrected chi connectivity index (χ1v) is 11.0. The predicted octanol–water partition coefficient (Wildman–Crippen LogP) is 2.76. The van der Waals surface area contributed by atoms with E-state index in [1.807, 2.05) is 6.07 Å². The fourth-order valence-electron chi connectivity index (χ4n) is 4.99. The summed E-state index contributed by atoms with van der Waals surface area (Å²) in [5.41, 5.74) is 1.31. The van der Waals surface area contributed by atoms with Crippen molar-refractivity contribution in [1.82, 2.24) is 13.5 Å². The maximum absolute atomic E-state index is 13.1. The molecule has 26 heavy (non-hydrogen) atoms. The van der Waals surface area contributed by atoms with E-state index in [9.17, 15) is 8.42 Å². The van der Waals surface area contributed by atoms with E-state index in [1.165, 1.54) is 5.56 Å². The molecule has 0 saturated carbocycles. The minimum Gasteiger partial charge on any atom is -0.299 e. The molecule has 0 radical (unpaired) electrons. The van der Waals surface area contributed by atoms with Crippen molar-refractivity contribution in [2.24, 2.45) is 11.8 Å². The molecule has 3 saturated heterocycles. The third-order valence-corrected chi connectivity index (χ3v) is 8.19. The summed E-state index contributed by atoms with van der Waals surface area (Å²) in [6.07, 6.45) is 4.29. The number of benzene rings is 1. The molecule has 3 aliphatic heterocycles. The fourth-order valence-corrected chi connectivity index (χ4v) is 6.78. The van der Waals surface area contributed by atoms with E-state index < -0.39 is 10.2 Å². The van der Waals surface area contributed by atoms with Gasteiger partial charge in [0, 0.05) is 38.8 Å². The molecule has 1 aromatic rings. The van der Waals surface area contributed by atoms with Gasteiger partial charge in [0.15, 0.2) is 0 Å². The molecule has 0 bridgehead atoms. The van der Waals surface area contributed by atoms with Crippen LogP contribution >= 0.6 is 12.4 Å². The van der Waals surface area contributed by atoms with Crippen LogP contribution in [0.2, 0.25) is 0 Å². The number of likely N-dealkylation sites (tertiary alicyclic amines) is 1. The first-order valence-electron chi connectivity index (χ1n) is 9.58. The topological polar surface area (TPSA) is 43.9 Å². The summed E-state index contributed by atoms with van der Waals surface area (Å²) in [5.74, 6) is 0.839. The van der Waals surface area contributed by atoms with Gasteiger partial charge in [-0.15, -0.1) is 12.4 Å². The zero-order chi connectivity index (χ0) is 17.4. The number of fused-ring (bicyclic) bond motifs is 1. The van der Waals surface area contributed by atoms with Gasteiger partial charge in [-0.3, -0.25) is 4.90 Å². The smallest absolute Gasteiger partial charge is 0.281 e. The Balaban J connectivity index is 0.00000196. The lowest BCUT2D eigenvalue weighted by molar-refractivity contribution is 0.256. The van der Waals surface area contributed by atoms with Crippen LogP contribution < -0.4 is 0 Å². The van der Waals surface area contributed by atoms with Gasteiger partial charge in [-0.1, -0.05) is 43.2 Å². The molecule has 0 aliphatic carbocycles. The summed E-state index contributed by atoms with van der Waals surface area (Å²) >= 11 is 0. The van der Waals surface area contributed by atoms with Crippen LogP contribution in [-0.4, -0.2) is 61.7 Å². The highest BCUT2D eigenvalue weighted by atomic mass is 35.5. The van der Waals surface area contributed by atoms with Gasteiger partial charge in [0.2, 0.25) is 0 Å². The molecule has 0 spiro atoms. The normalized spacial score (nSPS) is 31.3. The number of halogens is 1. The lowest BCUT2D eigenvalue weighted by Crippen LogP contribution is -2.44. The Morgan fingerprint density at radius 3 is 2.19 bits per heavy atom. The molecule has 3 aliphatic rings. The van der Waals surface area contributed by atoms with Crippen LogP contribution in [0.25, 0.3) is 0 Å². The fraction of sp³-hybridized carbons (Fsp3) is 0.684. The third kappa shape index (κ3) is 3.67. The zero-order valence-corrected chi connectivity index (χ0v) is 17.1. The van der Waals surface area contributed by atoms with Crippen molar-refractivity contribution in [3.8, 4) is 0 Å². The van der Waals surface area contributed by atoms with Crippen LogP contribution in [0.15, 0.2) is 30.3 Å². The van der Waals surface area contributed by atoms with Crippen LogP contribution in [-0.2, 0) is 10.2 Å². The first-order chi connectivity index (χ1) is 12.1. The molecule has 0 unspecified atom stereocenters. The third-order valence-electron chi connectivity index (χ3n) is 6.22. The van der Waals surface area contributed by atoms with Crippen molar-refractivity contribution in [3.63, 3.8) is 0 Å². The first kappa shape index (κ1) is 20.1. The Labute approximate surface area is 163 Å². The van der Waals surface area contributed by atoms with E-state index in [0.717, 1.165) is 32.2 Å². The molecule has 0 aromatic heterocycles. The Morgan fingerprint density at radius 2 is 1.54 bits per heavy atom. The van der Waals surface area contributed by atoms with Gasteiger partial charge in [-0.05, 0) is 37.3 Å². The van der Waals surface area contributed by atoms with Crippen molar-refractivity contribution in [2.45, 2.75) is 31.7 Å². The van der Waals surface area contributed by atoms with Crippen molar-refractivity contribution < 1.29 is 8.42 Å². The Kier molecular flexibility index (Phi) is 6.29. The molecule has 146 valence electrons. The summed E-state index contributed by atoms with van der Waals surface area (Å²) in [6, 6.07) is 10.9. The minimum atomic E-state index is -3.30. The Morgan fingerprint density at radius 1 is 0.885 bits per heavy atom. The predicted molar refractivity (Wildman–Crippen MR) is 107 cm³/mol. The van der Waals surface area contributed by atoms with Crippen LogP contribution in [0.4, 0.5) is 0 Å². The lowest BCUT2D eigenvalue weighted by atomic mass is 9.90. The van der Waals surface area contributed by atoms with E-state index in [2.05, 4.69) is 36.2 Å². The van der Waals surface area contributed by atoms with Crippen molar-refractivity contribution in [2.75, 3.05) is 39.8 Å². The molecule has 4 rings (SSSR count). The average molecular weight is 400 g/mol. The maximum atomic E-state index is 13.1. The lowest BCUT2D eigenvalue weighted by Gasteiger charge is -2.29. The van der Waals surface area contributed by atoms with Crippen LogP contribution in [0.1, 0.15) is 37.3 Å². The SMILES string of the molecule is CN1C[C@H]2CN(S(=O)(=O)N3CCCCCC3)C[C@H]2[C@@H]1c1ccccc1.Cl. The van der Waals surface area contributed by atoms with Gasteiger partial charge in [0.25, 0.3) is 10.2 Å². The molecule has 5 nitrogen and oxygen atoms in total. The standard InChI is InChI=1S/C19H29N3O2S.ClH/c1-20-13-17-14-22(25(23,24)21-11-7-2-3-8-12-21)15-18(17)19(20)16-9-5-4-6-10-16;/h4-6,9-10,17-19H,2-3,7-8,11-15H2,1H3;1H/t17-,18+,19-;/m0./s1. The van der Waals surface area contributed by atoms with E-state index in [4.69, 9.17) is 0 Å². The molecular formula is C19H30ClN3O2S. The molecule has 0 amide bonds. The summed E-state index contributed by atoms with van der Waals surface area (Å²) < 4.78 is 29.8. The maximum Gasteiger partial charge on any atom is 0.281 e. The largest absolute Gasteiger partial charge is 0.299 e. The average Bonchev–Trinajstić information content (AvgIpc) is 3.00. The molecule has 7 heteroatoms. The van der Waals surface area contributed by atoms with Crippen LogP contribution in [0, 0.1) is 11.8 Å². The highest BCUT2D eigenvalue weighted by Gasteiger charge is 2.49. The Hall–Kier alpha value is -0.660. The number of hydrogen-bond acceptors (Lipinski definition) is 3. The molecule has 0 N–H and O–H groups in total. The molecule has 3 heterocycles. The van der Waals surface area contributed by atoms with E-state index >= 15 is 0 Å². The van der Waals surface area contributed by atoms with E-state index in [-0.39, 0.29) is 12.4 Å². The molecule has 3 fully saturated rings. The van der Waals surface area contributed by atoms with Gasteiger partial charge in [0.05, 0.1) is 0 Å². The monoisotopic (exact) mass is 399 g/mol. The summed E-state index contributed by atoms with van der Waals surface area (Å²) in [5, 5.41) is 0. The second kappa shape index (κ2) is 8.15. The summed E-state index contributed by atoms with van der Waals surface area (Å²) in [6.45, 7) is 3.70. The van der Waals surface area contributed by atoms with E-state index in [0.29, 0.717) is 44.1 Å². The number of nitrogens with zero attached hydrogens (tertiary/aromatic N) is 3. The zero-order valence-electron chi connectivity index (χ0n) is 15.5. The molecule has 1 aromatic carbocycles. The van der Waals surface area contributed by atoms with Crippen molar-refractivity contribution >= 4 is 22.6 Å². The Bertz CT molecular complexity index is 692. The quantitative estimate of drug-likeness (QED) is 0.784. The van der Waals surface area contributed by atoms with Crippen LogP contribution in [0.5, 0.6) is 0 Å². The minimum absolute atomic E-state index is 0. The van der Waals surface area contributed by atoms with Gasteiger partial charge in [0.1, 0.15) is 0 Å².